The molecule has 6 heteroatoms. The van der Waals surface area contributed by atoms with Gasteiger partial charge in [-0.2, -0.15) is 0 Å². The molecule has 3 rings (SSSR count). The largest absolute Gasteiger partial charge is 0.353 e. The number of anilines is 1. The van der Waals surface area contributed by atoms with Gasteiger partial charge < -0.3 is 15.5 Å². The quantitative estimate of drug-likeness (QED) is 0.905. The number of aromatic nitrogens is 2. The molecule has 1 aromatic heterocycles. The van der Waals surface area contributed by atoms with E-state index in [1.54, 1.807) is 6.33 Å². The fraction of sp³-hybridized carbons (Fsp3) is 0.353. The molecule has 0 bridgehead atoms. The maximum absolute atomic E-state index is 12.4. The molecule has 6 nitrogen and oxygen atoms in total. The Kier molecular flexibility index (Phi) is 4.83. The van der Waals surface area contributed by atoms with Crippen molar-refractivity contribution >= 4 is 11.7 Å². The zero-order chi connectivity index (χ0) is 16.1. The molecule has 1 amide bonds. The Morgan fingerprint density at radius 2 is 1.83 bits per heavy atom. The van der Waals surface area contributed by atoms with E-state index >= 15 is 0 Å². The molecule has 0 spiro atoms. The van der Waals surface area contributed by atoms with Gasteiger partial charge in [-0.3, -0.25) is 4.79 Å². The lowest BCUT2D eigenvalue weighted by atomic mass is 10.1. The third kappa shape index (κ3) is 3.84. The minimum absolute atomic E-state index is 0.182. The van der Waals surface area contributed by atoms with Crippen LogP contribution in [0.15, 0.2) is 42.7 Å². The van der Waals surface area contributed by atoms with Crippen LogP contribution in [-0.2, 0) is 17.8 Å². The Morgan fingerprint density at radius 3 is 2.52 bits per heavy atom. The van der Waals surface area contributed by atoms with Gasteiger partial charge in [0.25, 0.3) is 0 Å². The lowest BCUT2D eigenvalue weighted by molar-refractivity contribution is -0.130. The first-order chi connectivity index (χ1) is 11.3. The van der Waals surface area contributed by atoms with Crippen LogP contribution in [0.4, 0.5) is 5.82 Å². The maximum Gasteiger partial charge on any atom is 0.227 e. The van der Waals surface area contributed by atoms with E-state index in [1.807, 2.05) is 41.3 Å². The van der Waals surface area contributed by atoms with Gasteiger partial charge in [-0.15, -0.1) is 0 Å². The molecule has 23 heavy (non-hydrogen) atoms. The Labute approximate surface area is 135 Å². The maximum atomic E-state index is 12.4. The first-order valence-corrected chi connectivity index (χ1v) is 7.84. The topological polar surface area (TPSA) is 75.3 Å². The number of carbonyl (C=O) groups excluding carboxylic acids is 1. The summed E-state index contributed by atoms with van der Waals surface area (Å²) in [7, 11) is 0. The molecule has 2 N–H and O–H groups in total. The van der Waals surface area contributed by atoms with Gasteiger partial charge in [-0.05, 0) is 5.56 Å². The standard InChI is InChI=1S/C17H21N5O/c18-12-15-11-16(20-13-19-15)21-6-8-22(9-7-21)17(23)10-14-4-2-1-3-5-14/h1-5,11,13H,6-10,12,18H2. The number of benzene rings is 1. The van der Waals surface area contributed by atoms with E-state index in [4.69, 9.17) is 5.73 Å². The first kappa shape index (κ1) is 15.4. The van der Waals surface area contributed by atoms with E-state index in [0.29, 0.717) is 26.1 Å². The van der Waals surface area contributed by atoms with E-state index in [-0.39, 0.29) is 5.91 Å². The van der Waals surface area contributed by atoms with Crippen molar-refractivity contribution in [2.75, 3.05) is 31.1 Å². The lowest BCUT2D eigenvalue weighted by Crippen LogP contribution is -2.49. The normalized spacial score (nSPS) is 14.8. The molecule has 0 radical (unpaired) electrons. The Balaban J connectivity index is 1.56. The van der Waals surface area contributed by atoms with Crippen LogP contribution in [0, 0.1) is 0 Å². The highest BCUT2D eigenvalue weighted by atomic mass is 16.2. The van der Waals surface area contributed by atoms with E-state index in [0.717, 1.165) is 30.2 Å². The summed E-state index contributed by atoms with van der Waals surface area (Å²) in [5, 5.41) is 0. The van der Waals surface area contributed by atoms with Gasteiger partial charge in [-0.1, -0.05) is 30.3 Å². The minimum Gasteiger partial charge on any atom is -0.353 e. The molecular weight excluding hydrogens is 290 g/mol. The van der Waals surface area contributed by atoms with Gasteiger partial charge >= 0.3 is 0 Å². The molecule has 120 valence electrons. The highest BCUT2D eigenvalue weighted by Crippen LogP contribution is 2.14. The van der Waals surface area contributed by atoms with Crippen molar-refractivity contribution < 1.29 is 4.79 Å². The number of hydrogen-bond donors (Lipinski definition) is 1. The SMILES string of the molecule is NCc1cc(N2CCN(C(=O)Cc3ccccc3)CC2)ncn1. The second kappa shape index (κ2) is 7.19. The van der Waals surface area contributed by atoms with Gasteiger partial charge in [0.1, 0.15) is 12.1 Å². The Hall–Kier alpha value is -2.47. The van der Waals surface area contributed by atoms with Gasteiger partial charge in [0.05, 0.1) is 12.1 Å². The number of carbonyl (C=O) groups is 1. The van der Waals surface area contributed by atoms with E-state index in [1.165, 1.54) is 0 Å². The summed E-state index contributed by atoms with van der Waals surface area (Å²) < 4.78 is 0. The number of piperazine rings is 1. The molecule has 1 aliphatic rings. The molecule has 2 aromatic rings. The summed E-state index contributed by atoms with van der Waals surface area (Å²) in [6, 6.07) is 11.8. The molecule has 1 saturated heterocycles. The number of nitrogens with two attached hydrogens (primary N) is 1. The van der Waals surface area contributed by atoms with Crippen LogP contribution in [0.2, 0.25) is 0 Å². The van der Waals surface area contributed by atoms with Crippen LogP contribution < -0.4 is 10.6 Å². The Bertz CT molecular complexity index is 653. The average molecular weight is 311 g/mol. The summed E-state index contributed by atoms with van der Waals surface area (Å²) in [6.07, 6.45) is 2.01. The molecular formula is C17H21N5O. The number of rotatable bonds is 4. The van der Waals surface area contributed by atoms with Crippen LogP contribution >= 0.6 is 0 Å². The highest BCUT2D eigenvalue weighted by Gasteiger charge is 2.22. The molecule has 0 aliphatic carbocycles. The first-order valence-electron chi connectivity index (χ1n) is 7.84. The van der Waals surface area contributed by atoms with Crippen LogP contribution in [0.1, 0.15) is 11.3 Å². The van der Waals surface area contributed by atoms with Crippen molar-refractivity contribution in [2.45, 2.75) is 13.0 Å². The van der Waals surface area contributed by atoms with Crippen LogP contribution in [0.3, 0.4) is 0 Å². The molecule has 1 aliphatic heterocycles. The number of hydrogen-bond acceptors (Lipinski definition) is 5. The average Bonchev–Trinajstić information content (AvgIpc) is 2.63. The van der Waals surface area contributed by atoms with Crippen LogP contribution in [0.5, 0.6) is 0 Å². The smallest absolute Gasteiger partial charge is 0.227 e. The summed E-state index contributed by atoms with van der Waals surface area (Å²) >= 11 is 0. The molecule has 2 heterocycles. The number of nitrogens with zero attached hydrogens (tertiary/aromatic N) is 4. The zero-order valence-corrected chi connectivity index (χ0v) is 13.1. The molecule has 0 saturated carbocycles. The van der Waals surface area contributed by atoms with Gasteiger partial charge in [0, 0.05) is 38.8 Å². The summed E-state index contributed by atoms with van der Waals surface area (Å²) in [6.45, 7) is 3.40. The van der Waals surface area contributed by atoms with Gasteiger partial charge in [-0.25, -0.2) is 9.97 Å². The fourth-order valence-corrected chi connectivity index (χ4v) is 2.74. The zero-order valence-electron chi connectivity index (χ0n) is 13.1. The fourth-order valence-electron chi connectivity index (χ4n) is 2.74. The van der Waals surface area contributed by atoms with Crippen LogP contribution in [0.25, 0.3) is 0 Å². The molecule has 1 aromatic carbocycles. The number of amides is 1. The van der Waals surface area contributed by atoms with Crippen molar-refractivity contribution in [1.29, 1.82) is 0 Å². The highest BCUT2D eigenvalue weighted by molar-refractivity contribution is 5.79. The second-order valence-electron chi connectivity index (χ2n) is 5.60. The third-order valence-corrected chi connectivity index (χ3v) is 4.07. The third-order valence-electron chi connectivity index (χ3n) is 4.07. The van der Waals surface area contributed by atoms with Crippen molar-refractivity contribution in [1.82, 2.24) is 14.9 Å². The Morgan fingerprint density at radius 1 is 1.09 bits per heavy atom. The summed E-state index contributed by atoms with van der Waals surface area (Å²) in [5.74, 6) is 1.07. The van der Waals surface area contributed by atoms with Crippen molar-refractivity contribution in [2.24, 2.45) is 5.73 Å². The predicted molar refractivity (Wildman–Crippen MR) is 88.9 cm³/mol. The van der Waals surface area contributed by atoms with Crippen molar-refractivity contribution in [3.05, 3.63) is 54.0 Å². The predicted octanol–water partition coefficient (Wildman–Crippen LogP) is 0.827. The summed E-state index contributed by atoms with van der Waals surface area (Å²) in [4.78, 5) is 24.9. The molecule has 0 unspecified atom stereocenters. The monoisotopic (exact) mass is 311 g/mol. The summed E-state index contributed by atoms with van der Waals surface area (Å²) in [5.41, 5.74) is 7.51. The molecule has 0 atom stereocenters. The van der Waals surface area contributed by atoms with Gasteiger partial charge in [0.15, 0.2) is 0 Å². The van der Waals surface area contributed by atoms with E-state index in [9.17, 15) is 4.79 Å². The van der Waals surface area contributed by atoms with Crippen molar-refractivity contribution in [3.8, 4) is 0 Å². The van der Waals surface area contributed by atoms with E-state index in [2.05, 4.69) is 14.9 Å². The second-order valence-corrected chi connectivity index (χ2v) is 5.60. The van der Waals surface area contributed by atoms with Crippen molar-refractivity contribution in [3.63, 3.8) is 0 Å². The van der Waals surface area contributed by atoms with Gasteiger partial charge in [0.2, 0.25) is 5.91 Å². The lowest BCUT2D eigenvalue weighted by Gasteiger charge is -2.35. The molecule has 1 fully saturated rings. The minimum atomic E-state index is 0.182. The van der Waals surface area contributed by atoms with E-state index < -0.39 is 0 Å². The van der Waals surface area contributed by atoms with Crippen LogP contribution in [-0.4, -0.2) is 47.0 Å².